The molecule has 1 aromatic rings. The summed E-state index contributed by atoms with van der Waals surface area (Å²) < 4.78 is 1.08. The SMILES string of the molecule is CCC(CC)CN1C/C(=N\N)c2cc(Br)ccc21. The van der Waals surface area contributed by atoms with Crippen molar-refractivity contribution in [2.75, 3.05) is 18.0 Å². The summed E-state index contributed by atoms with van der Waals surface area (Å²) in [5.41, 5.74) is 3.41. The van der Waals surface area contributed by atoms with Gasteiger partial charge < -0.3 is 10.7 Å². The molecule has 4 heteroatoms. The van der Waals surface area contributed by atoms with Crippen LogP contribution in [0.5, 0.6) is 0 Å². The van der Waals surface area contributed by atoms with Gasteiger partial charge >= 0.3 is 0 Å². The fourth-order valence-corrected chi connectivity index (χ4v) is 2.86. The van der Waals surface area contributed by atoms with Gasteiger partial charge in [-0.3, -0.25) is 0 Å². The summed E-state index contributed by atoms with van der Waals surface area (Å²) in [4.78, 5) is 2.39. The van der Waals surface area contributed by atoms with Crippen LogP contribution in [0.1, 0.15) is 32.3 Å². The molecule has 0 atom stereocenters. The first-order chi connectivity index (χ1) is 8.69. The van der Waals surface area contributed by atoms with E-state index in [0.29, 0.717) is 0 Å². The first-order valence-electron chi connectivity index (χ1n) is 6.51. The monoisotopic (exact) mass is 309 g/mol. The van der Waals surface area contributed by atoms with Gasteiger partial charge in [-0.05, 0) is 24.1 Å². The normalized spacial score (nSPS) is 16.7. The van der Waals surface area contributed by atoms with Crippen LogP contribution in [0.15, 0.2) is 27.8 Å². The molecule has 18 heavy (non-hydrogen) atoms. The van der Waals surface area contributed by atoms with E-state index < -0.39 is 0 Å². The van der Waals surface area contributed by atoms with Gasteiger partial charge in [-0.2, -0.15) is 5.10 Å². The molecule has 0 aliphatic carbocycles. The molecular weight excluding hydrogens is 290 g/mol. The molecule has 1 aromatic carbocycles. The number of anilines is 1. The Morgan fingerprint density at radius 3 is 2.72 bits per heavy atom. The molecule has 0 saturated heterocycles. The van der Waals surface area contributed by atoms with E-state index in [2.05, 4.69) is 58.0 Å². The van der Waals surface area contributed by atoms with E-state index >= 15 is 0 Å². The number of hydrazone groups is 1. The summed E-state index contributed by atoms with van der Waals surface area (Å²) in [5.74, 6) is 6.24. The summed E-state index contributed by atoms with van der Waals surface area (Å²) in [6.45, 7) is 6.43. The van der Waals surface area contributed by atoms with Crippen molar-refractivity contribution in [1.29, 1.82) is 0 Å². The summed E-state index contributed by atoms with van der Waals surface area (Å²) in [7, 11) is 0. The molecular formula is C14H20BrN3. The molecule has 98 valence electrons. The number of benzene rings is 1. The standard InChI is InChI=1S/C14H20BrN3/c1-3-10(4-2)8-18-9-13(17-16)12-7-11(15)5-6-14(12)18/h5-7,10H,3-4,8-9,16H2,1-2H3/b17-13+. The second-order valence-electron chi connectivity index (χ2n) is 4.80. The lowest BCUT2D eigenvalue weighted by Gasteiger charge is -2.24. The van der Waals surface area contributed by atoms with Gasteiger partial charge in [-0.25, -0.2) is 0 Å². The molecule has 0 unspecified atom stereocenters. The zero-order valence-electron chi connectivity index (χ0n) is 11.0. The lowest BCUT2D eigenvalue weighted by molar-refractivity contribution is 0.492. The second-order valence-corrected chi connectivity index (χ2v) is 5.72. The highest BCUT2D eigenvalue weighted by molar-refractivity contribution is 9.10. The highest BCUT2D eigenvalue weighted by Gasteiger charge is 2.26. The number of nitrogens with two attached hydrogens (primary N) is 1. The minimum absolute atomic E-state index is 0.735. The van der Waals surface area contributed by atoms with E-state index in [0.717, 1.165) is 34.8 Å². The number of halogens is 1. The van der Waals surface area contributed by atoms with Gasteiger partial charge in [0.1, 0.15) is 0 Å². The van der Waals surface area contributed by atoms with Gasteiger partial charge in [0.15, 0.2) is 0 Å². The molecule has 1 aliphatic heterocycles. The van der Waals surface area contributed by atoms with Crippen LogP contribution in [0.25, 0.3) is 0 Å². The van der Waals surface area contributed by atoms with E-state index in [1.807, 2.05) is 0 Å². The van der Waals surface area contributed by atoms with Crippen LogP contribution in [0, 0.1) is 5.92 Å². The third-order valence-electron chi connectivity index (χ3n) is 3.74. The lowest BCUT2D eigenvalue weighted by atomic mass is 10.0. The van der Waals surface area contributed by atoms with Gasteiger partial charge in [0.25, 0.3) is 0 Å². The van der Waals surface area contributed by atoms with Crippen LogP contribution in [-0.2, 0) is 0 Å². The largest absolute Gasteiger partial charge is 0.365 e. The molecule has 0 fully saturated rings. The highest BCUT2D eigenvalue weighted by Crippen LogP contribution is 2.31. The van der Waals surface area contributed by atoms with E-state index in [-0.39, 0.29) is 0 Å². The molecule has 0 amide bonds. The van der Waals surface area contributed by atoms with Crippen molar-refractivity contribution >= 4 is 27.3 Å². The number of rotatable bonds is 4. The van der Waals surface area contributed by atoms with Gasteiger partial charge in [0.05, 0.1) is 12.3 Å². The van der Waals surface area contributed by atoms with E-state index in [9.17, 15) is 0 Å². The summed E-state index contributed by atoms with van der Waals surface area (Å²) in [6.07, 6.45) is 2.43. The number of hydrogen-bond acceptors (Lipinski definition) is 3. The number of fused-ring (bicyclic) bond motifs is 1. The van der Waals surface area contributed by atoms with Crippen molar-refractivity contribution in [3.8, 4) is 0 Å². The average Bonchev–Trinajstić information content (AvgIpc) is 2.73. The molecule has 0 spiro atoms. The topological polar surface area (TPSA) is 41.6 Å². The smallest absolute Gasteiger partial charge is 0.0886 e. The fraction of sp³-hybridized carbons (Fsp3) is 0.500. The minimum atomic E-state index is 0.735. The predicted molar refractivity (Wildman–Crippen MR) is 81.2 cm³/mol. The minimum Gasteiger partial charge on any atom is -0.365 e. The highest BCUT2D eigenvalue weighted by atomic mass is 79.9. The Balaban J connectivity index is 2.27. The molecule has 0 saturated carbocycles. The molecule has 2 N–H and O–H groups in total. The Morgan fingerprint density at radius 2 is 2.11 bits per heavy atom. The maximum atomic E-state index is 5.50. The molecule has 2 rings (SSSR count). The third-order valence-corrected chi connectivity index (χ3v) is 4.23. The van der Waals surface area contributed by atoms with Gasteiger partial charge in [-0.1, -0.05) is 42.6 Å². The zero-order chi connectivity index (χ0) is 13.1. The fourth-order valence-electron chi connectivity index (χ4n) is 2.50. The Bertz CT molecular complexity index is 452. The summed E-state index contributed by atoms with van der Waals surface area (Å²) >= 11 is 3.51. The first-order valence-corrected chi connectivity index (χ1v) is 7.30. The number of nitrogens with zero attached hydrogens (tertiary/aromatic N) is 2. The Labute approximate surface area is 117 Å². The van der Waals surface area contributed by atoms with Crippen LogP contribution >= 0.6 is 15.9 Å². The van der Waals surface area contributed by atoms with Crippen molar-refractivity contribution in [1.82, 2.24) is 0 Å². The van der Waals surface area contributed by atoms with E-state index in [4.69, 9.17) is 5.84 Å². The average molecular weight is 310 g/mol. The van der Waals surface area contributed by atoms with Crippen LogP contribution in [0.3, 0.4) is 0 Å². The molecule has 0 aromatic heterocycles. The van der Waals surface area contributed by atoms with E-state index in [1.165, 1.54) is 18.5 Å². The van der Waals surface area contributed by atoms with Crippen LogP contribution in [0.4, 0.5) is 5.69 Å². The van der Waals surface area contributed by atoms with Crippen molar-refractivity contribution < 1.29 is 0 Å². The van der Waals surface area contributed by atoms with Gasteiger partial charge in [0.2, 0.25) is 0 Å². The van der Waals surface area contributed by atoms with Gasteiger partial charge in [-0.15, -0.1) is 0 Å². The zero-order valence-corrected chi connectivity index (χ0v) is 12.6. The Kier molecular flexibility index (Phi) is 4.27. The van der Waals surface area contributed by atoms with Crippen molar-refractivity contribution in [3.63, 3.8) is 0 Å². The van der Waals surface area contributed by atoms with Crippen LogP contribution in [-0.4, -0.2) is 18.8 Å². The van der Waals surface area contributed by atoms with Gasteiger partial charge in [0, 0.05) is 22.3 Å². The number of hydrogen-bond donors (Lipinski definition) is 1. The molecule has 0 bridgehead atoms. The van der Waals surface area contributed by atoms with Crippen molar-refractivity contribution in [2.45, 2.75) is 26.7 Å². The maximum absolute atomic E-state index is 5.50. The third kappa shape index (κ3) is 2.53. The van der Waals surface area contributed by atoms with Crippen LogP contribution in [0.2, 0.25) is 0 Å². The maximum Gasteiger partial charge on any atom is 0.0886 e. The Morgan fingerprint density at radius 1 is 1.39 bits per heavy atom. The summed E-state index contributed by atoms with van der Waals surface area (Å²) in [5, 5.41) is 3.93. The van der Waals surface area contributed by atoms with E-state index in [1.54, 1.807) is 0 Å². The van der Waals surface area contributed by atoms with Crippen molar-refractivity contribution in [2.24, 2.45) is 16.9 Å². The lowest BCUT2D eigenvalue weighted by Crippen LogP contribution is -2.29. The predicted octanol–water partition coefficient (Wildman–Crippen LogP) is 3.37. The molecule has 3 nitrogen and oxygen atoms in total. The first kappa shape index (κ1) is 13.4. The second kappa shape index (κ2) is 5.74. The van der Waals surface area contributed by atoms with Crippen molar-refractivity contribution in [3.05, 3.63) is 28.2 Å². The van der Waals surface area contributed by atoms with Crippen LogP contribution < -0.4 is 10.7 Å². The Hall–Kier alpha value is -1.03. The quantitative estimate of drug-likeness (QED) is 0.684. The molecule has 1 aliphatic rings. The summed E-state index contributed by atoms with van der Waals surface area (Å²) in [6, 6.07) is 6.34. The molecule has 1 heterocycles. The molecule has 0 radical (unpaired) electrons.